The average molecular weight is 238 g/mol. The van der Waals surface area contributed by atoms with Crippen molar-refractivity contribution >= 4 is 0 Å². The first-order valence-corrected chi connectivity index (χ1v) is 4.85. The van der Waals surface area contributed by atoms with Crippen LogP contribution in [0, 0.1) is 5.82 Å². The highest BCUT2D eigenvalue weighted by Gasteiger charge is 2.03. The van der Waals surface area contributed by atoms with E-state index in [0.29, 0.717) is 18.5 Å². The number of halogens is 2. The van der Waals surface area contributed by atoms with Gasteiger partial charge < -0.3 is 4.89 Å². The molecule has 1 N–H and O–H groups in total. The zero-order valence-electron chi connectivity index (χ0n) is 9.23. The fourth-order valence-corrected chi connectivity index (χ4v) is 1.39. The molecule has 0 radical (unpaired) electrons. The van der Waals surface area contributed by atoms with Crippen LogP contribution in [0.25, 0.3) is 11.1 Å². The minimum Gasteiger partial charge on any atom is -0.340 e. The van der Waals surface area contributed by atoms with Gasteiger partial charge in [0.05, 0.1) is 7.18 Å². The molecule has 0 bridgehead atoms. The van der Waals surface area contributed by atoms with Crippen molar-refractivity contribution in [2.24, 2.45) is 0 Å². The molecule has 90 valence electrons. The Labute approximate surface area is 98.0 Å². The molecule has 17 heavy (non-hydrogen) atoms. The zero-order chi connectivity index (χ0) is 12.7. The summed E-state index contributed by atoms with van der Waals surface area (Å²) in [5, 5.41) is 8.38. The maximum Gasteiger partial charge on any atom is 0.165 e. The van der Waals surface area contributed by atoms with Crippen molar-refractivity contribution < 1.29 is 18.9 Å². The van der Waals surface area contributed by atoms with Crippen molar-refractivity contribution in [3.05, 3.63) is 54.3 Å². The lowest BCUT2D eigenvalue weighted by Gasteiger charge is -2.03. The molecule has 2 nitrogen and oxygen atoms in total. The van der Waals surface area contributed by atoms with Crippen LogP contribution in [-0.2, 0) is 0 Å². The first-order valence-electron chi connectivity index (χ1n) is 4.85. The van der Waals surface area contributed by atoms with Crippen LogP contribution in [0.4, 0.5) is 8.78 Å². The van der Waals surface area contributed by atoms with Crippen molar-refractivity contribution in [2.45, 2.75) is 0 Å². The highest BCUT2D eigenvalue weighted by molar-refractivity contribution is 5.64. The summed E-state index contributed by atoms with van der Waals surface area (Å²) in [6.45, 7) is 0. The summed E-state index contributed by atoms with van der Waals surface area (Å²) < 4.78 is 22.9. The van der Waals surface area contributed by atoms with Gasteiger partial charge in [-0.25, -0.2) is 9.65 Å². The van der Waals surface area contributed by atoms with Crippen LogP contribution in [0.15, 0.2) is 48.5 Å². The minimum absolute atomic E-state index is 0.268. The Hall–Kier alpha value is -1.94. The number of rotatable bonds is 2. The smallest absolute Gasteiger partial charge is 0.165 e. The zero-order valence-corrected chi connectivity index (χ0v) is 9.23. The molecule has 2 aromatic carbocycles. The molecule has 0 aromatic heterocycles. The van der Waals surface area contributed by atoms with Crippen molar-refractivity contribution in [1.82, 2.24) is 0 Å². The molecule has 0 aliphatic heterocycles. The van der Waals surface area contributed by atoms with Gasteiger partial charge in [-0.3, -0.25) is 4.39 Å². The largest absolute Gasteiger partial charge is 0.340 e. The second-order valence-corrected chi connectivity index (χ2v) is 3.10. The van der Waals surface area contributed by atoms with Crippen LogP contribution in [-0.4, -0.2) is 12.4 Å². The van der Waals surface area contributed by atoms with Gasteiger partial charge in [0.1, 0.15) is 5.82 Å². The summed E-state index contributed by atoms with van der Waals surface area (Å²) in [7, 11) is 0.500. The number of hydrogen-bond acceptors (Lipinski definition) is 2. The second kappa shape index (κ2) is 6.60. The van der Waals surface area contributed by atoms with E-state index >= 15 is 0 Å². The summed E-state index contributed by atoms with van der Waals surface area (Å²) in [6, 6.07) is 13.0. The summed E-state index contributed by atoms with van der Waals surface area (Å²) in [4.78, 5) is 4.04. The molecule has 0 heterocycles. The van der Waals surface area contributed by atoms with Gasteiger partial charge >= 0.3 is 0 Å². The monoisotopic (exact) mass is 238 g/mol. The molecule has 2 aromatic rings. The second-order valence-electron chi connectivity index (χ2n) is 3.10. The quantitative estimate of drug-likeness (QED) is 0.634. The SMILES string of the molecule is CF.OOc1ccc(-c2ccccc2F)cc1. The lowest BCUT2D eigenvalue weighted by molar-refractivity contribution is -0.137. The molecule has 0 amide bonds. The normalized spacial score (nSPS) is 9.18. The number of benzene rings is 2. The van der Waals surface area contributed by atoms with Gasteiger partial charge in [0.15, 0.2) is 5.75 Å². The van der Waals surface area contributed by atoms with Gasteiger partial charge in [-0.2, -0.15) is 0 Å². The van der Waals surface area contributed by atoms with Gasteiger partial charge in [0, 0.05) is 5.56 Å². The number of alkyl halides is 1. The van der Waals surface area contributed by atoms with E-state index in [4.69, 9.17) is 5.26 Å². The Bertz CT molecular complexity index is 455. The van der Waals surface area contributed by atoms with Crippen LogP contribution in [0.1, 0.15) is 0 Å². The standard InChI is InChI=1S/C12H9FO2.CH3F/c13-12-4-2-1-3-11(12)9-5-7-10(15-14)8-6-9;1-2/h1-8,14H;1H3. The highest BCUT2D eigenvalue weighted by Crippen LogP contribution is 2.24. The Morgan fingerprint density at radius 3 is 2.06 bits per heavy atom. The van der Waals surface area contributed by atoms with Crippen LogP contribution in [0.3, 0.4) is 0 Å². The molecule has 0 saturated heterocycles. The molecule has 0 spiro atoms. The van der Waals surface area contributed by atoms with E-state index in [9.17, 15) is 8.78 Å². The summed E-state index contributed by atoms with van der Waals surface area (Å²) >= 11 is 0. The fourth-order valence-electron chi connectivity index (χ4n) is 1.39. The van der Waals surface area contributed by atoms with E-state index in [1.165, 1.54) is 6.07 Å². The Morgan fingerprint density at radius 1 is 0.941 bits per heavy atom. The van der Waals surface area contributed by atoms with Crippen LogP contribution in [0.5, 0.6) is 5.75 Å². The third-order valence-electron chi connectivity index (χ3n) is 2.14. The average Bonchev–Trinajstić information content (AvgIpc) is 2.42. The van der Waals surface area contributed by atoms with Crippen molar-refractivity contribution in [1.29, 1.82) is 0 Å². The molecule has 4 heteroatoms. The molecule has 0 fully saturated rings. The van der Waals surface area contributed by atoms with E-state index in [1.807, 2.05) is 0 Å². The van der Waals surface area contributed by atoms with Crippen LogP contribution >= 0.6 is 0 Å². The maximum absolute atomic E-state index is 13.4. The Balaban J connectivity index is 0.000000686. The van der Waals surface area contributed by atoms with Gasteiger partial charge in [-0.05, 0) is 23.8 Å². The number of hydrogen-bond donors (Lipinski definition) is 1. The maximum atomic E-state index is 13.4. The van der Waals surface area contributed by atoms with Gasteiger partial charge in [0.2, 0.25) is 0 Å². The minimum atomic E-state index is -0.268. The predicted molar refractivity (Wildman–Crippen MR) is 62.1 cm³/mol. The van der Waals surface area contributed by atoms with E-state index in [0.717, 1.165) is 5.56 Å². The van der Waals surface area contributed by atoms with Crippen molar-refractivity contribution in [3.8, 4) is 16.9 Å². The van der Waals surface area contributed by atoms with Gasteiger partial charge in [0.25, 0.3) is 0 Å². The first-order chi connectivity index (χ1) is 8.31. The fraction of sp³-hybridized carbons (Fsp3) is 0.0769. The van der Waals surface area contributed by atoms with Crippen molar-refractivity contribution in [2.75, 3.05) is 7.18 Å². The predicted octanol–water partition coefficient (Wildman–Crippen LogP) is 3.93. The Morgan fingerprint density at radius 2 is 1.53 bits per heavy atom. The highest BCUT2D eigenvalue weighted by atomic mass is 19.1. The van der Waals surface area contributed by atoms with E-state index in [2.05, 4.69) is 4.89 Å². The van der Waals surface area contributed by atoms with E-state index < -0.39 is 0 Å². The topological polar surface area (TPSA) is 29.5 Å². The van der Waals surface area contributed by atoms with Crippen LogP contribution in [0.2, 0.25) is 0 Å². The Kier molecular flexibility index (Phi) is 5.10. The molecule has 2 rings (SSSR count). The molecular weight excluding hydrogens is 226 g/mol. The molecule has 0 aliphatic carbocycles. The third kappa shape index (κ3) is 3.26. The van der Waals surface area contributed by atoms with Gasteiger partial charge in [-0.1, -0.05) is 30.3 Å². The lowest BCUT2D eigenvalue weighted by atomic mass is 10.1. The summed E-state index contributed by atoms with van der Waals surface area (Å²) in [6.07, 6.45) is 0. The first kappa shape index (κ1) is 13.1. The summed E-state index contributed by atoms with van der Waals surface area (Å²) in [5.74, 6) is 0.0604. The van der Waals surface area contributed by atoms with Crippen molar-refractivity contribution in [3.63, 3.8) is 0 Å². The van der Waals surface area contributed by atoms with Gasteiger partial charge in [-0.15, -0.1) is 0 Å². The molecule has 0 unspecified atom stereocenters. The molecular formula is C13H12F2O2. The molecule has 0 saturated carbocycles. The third-order valence-corrected chi connectivity index (χ3v) is 2.14. The van der Waals surface area contributed by atoms with Crippen LogP contribution < -0.4 is 4.89 Å². The van der Waals surface area contributed by atoms with E-state index in [-0.39, 0.29) is 5.82 Å². The summed E-state index contributed by atoms with van der Waals surface area (Å²) in [5.41, 5.74) is 1.27. The lowest BCUT2D eigenvalue weighted by Crippen LogP contribution is -1.85. The van der Waals surface area contributed by atoms with E-state index in [1.54, 1.807) is 42.5 Å². The molecule has 0 atom stereocenters. The molecule has 0 aliphatic rings.